The smallest absolute Gasteiger partial charge is 0.0462 e. The number of hydrogen-bond donors (Lipinski definition) is 2. The van der Waals surface area contributed by atoms with Crippen LogP contribution in [0.1, 0.15) is 46.0 Å². The van der Waals surface area contributed by atoms with Gasteiger partial charge in [0.15, 0.2) is 0 Å². The van der Waals surface area contributed by atoms with Crippen LogP contribution >= 0.6 is 0 Å². The molecule has 0 aromatic heterocycles. The summed E-state index contributed by atoms with van der Waals surface area (Å²) in [7, 11) is 1.73. The van der Waals surface area contributed by atoms with Crippen LogP contribution in [0.15, 0.2) is 0 Å². The van der Waals surface area contributed by atoms with Crippen molar-refractivity contribution in [1.29, 1.82) is 0 Å². The minimum Gasteiger partial charge on any atom is -0.385 e. The van der Waals surface area contributed by atoms with Crippen molar-refractivity contribution < 1.29 is 4.74 Å². The number of unbranched alkanes of at least 4 members (excludes halogenated alkanes) is 1. The van der Waals surface area contributed by atoms with E-state index in [1.165, 1.54) is 19.3 Å². The summed E-state index contributed by atoms with van der Waals surface area (Å²) in [5.74, 6) is 0.830. The molecule has 0 aromatic carbocycles. The Hall–Kier alpha value is -0.120. The third-order valence-corrected chi connectivity index (χ3v) is 2.71. The number of ether oxygens (including phenoxy) is 1. The highest BCUT2D eigenvalue weighted by Gasteiger charge is 2.01. The van der Waals surface area contributed by atoms with Crippen molar-refractivity contribution in [2.45, 2.75) is 52.0 Å². The zero-order valence-electron chi connectivity index (χ0n) is 11.3. The van der Waals surface area contributed by atoms with Gasteiger partial charge in [-0.05, 0) is 31.7 Å². The van der Waals surface area contributed by atoms with E-state index in [4.69, 9.17) is 10.5 Å². The molecule has 16 heavy (non-hydrogen) atoms. The van der Waals surface area contributed by atoms with Crippen LogP contribution in [0.4, 0.5) is 0 Å². The van der Waals surface area contributed by atoms with Crippen LogP contribution in [0.3, 0.4) is 0 Å². The maximum atomic E-state index is 5.96. The van der Waals surface area contributed by atoms with Gasteiger partial charge in [-0.25, -0.2) is 0 Å². The topological polar surface area (TPSA) is 47.3 Å². The maximum absolute atomic E-state index is 5.96. The summed E-state index contributed by atoms with van der Waals surface area (Å²) in [6.07, 6.45) is 6.04. The number of nitrogens with two attached hydrogens (primary N) is 1. The Labute approximate surface area is 101 Å². The van der Waals surface area contributed by atoms with Crippen LogP contribution in [0.25, 0.3) is 0 Å². The molecular formula is C13H30N2O. The molecule has 0 spiro atoms. The highest BCUT2D eigenvalue weighted by molar-refractivity contribution is 4.64. The molecule has 3 N–H and O–H groups in total. The molecule has 0 amide bonds. The predicted molar refractivity (Wildman–Crippen MR) is 70.6 cm³/mol. The van der Waals surface area contributed by atoms with Crippen molar-refractivity contribution in [2.24, 2.45) is 11.7 Å². The van der Waals surface area contributed by atoms with Gasteiger partial charge in [-0.2, -0.15) is 0 Å². The van der Waals surface area contributed by atoms with Gasteiger partial charge in [0.25, 0.3) is 0 Å². The Morgan fingerprint density at radius 2 is 1.88 bits per heavy atom. The van der Waals surface area contributed by atoms with Crippen molar-refractivity contribution in [3.8, 4) is 0 Å². The van der Waals surface area contributed by atoms with Crippen molar-refractivity contribution in [3.05, 3.63) is 0 Å². The molecule has 1 atom stereocenters. The van der Waals surface area contributed by atoms with Crippen LogP contribution in [-0.2, 0) is 4.74 Å². The van der Waals surface area contributed by atoms with E-state index in [1.807, 2.05) is 0 Å². The average molecular weight is 230 g/mol. The Morgan fingerprint density at radius 3 is 2.50 bits per heavy atom. The lowest BCUT2D eigenvalue weighted by Gasteiger charge is -2.12. The Morgan fingerprint density at radius 1 is 1.12 bits per heavy atom. The lowest BCUT2D eigenvalue weighted by Crippen LogP contribution is -2.34. The fourth-order valence-corrected chi connectivity index (χ4v) is 1.68. The molecule has 0 bridgehead atoms. The quantitative estimate of drug-likeness (QED) is 0.535. The SMILES string of the molecule is COCCCC(N)CNCCCCC(C)C. The van der Waals surface area contributed by atoms with E-state index in [9.17, 15) is 0 Å². The number of hydrogen-bond acceptors (Lipinski definition) is 3. The van der Waals surface area contributed by atoms with E-state index >= 15 is 0 Å². The third-order valence-electron chi connectivity index (χ3n) is 2.71. The average Bonchev–Trinajstić information content (AvgIpc) is 2.23. The maximum Gasteiger partial charge on any atom is 0.0462 e. The summed E-state index contributed by atoms with van der Waals surface area (Å²) in [6.45, 7) is 7.41. The van der Waals surface area contributed by atoms with Crippen molar-refractivity contribution in [3.63, 3.8) is 0 Å². The molecule has 0 fully saturated rings. The van der Waals surface area contributed by atoms with E-state index in [2.05, 4.69) is 19.2 Å². The first-order valence-electron chi connectivity index (χ1n) is 6.62. The summed E-state index contributed by atoms with van der Waals surface area (Å²) >= 11 is 0. The molecule has 0 aliphatic heterocycles. The molecule has 1 unspecified atom stereocenters. The zero-order valence-corrected chi connectivity index (χ0v) is 11.3. The van der Waals surface area contributed by atoms with Crippen LogP contribution in [0.2, 0.25) is 0 Å². The summed E-state index contributed by atoms with van der Waals surface area (Å²) in [6, 6.07) is 0.278. The molecule has 0 aliphatic carbocycles. The number of methoxy groups -OCH3 is 1. The summed E-state index contributed by atoms with van der Waals surface area (Å²) < 4.78 is 5.00. The first-order valence-corrected chi connectivity index (χ1v) is 6.62. The van der Waals surface area contributed by atoms with Gasteiger partial charge in [0.2, 0.25) is 0 Å². The molecule has 0 heterocycles. The second kappa shape index (κ2) is 11.4. The molecule has 0 aromatic rings. The van der Waals surface area contributed by atoms with Crippen LogP contribution in [-0.4, -0.2) is 32.8 Å². The van der Waals surface area contributed by atoms with E-state index in [-0.39, 0.29) is 6.04 Å². The van der Waals surface area contributed by atoms with Gasteiger partial charge in [0.1, 0.15) is 0 Å². The van der Waals surface area contributed by atoms with Gasteiger partial charge in [-0.3, -0.25) is 0 Å². The van der Waals surface area contributed by atoms with Crippen LogP contribution in [0, 0.1) is 5.92 Å². The molecule has 0 rings (SSSR count). The Balaban J connectivity index is 3.12. The lowest BCUT2D eigenvalue weighted by atomic mass is 10.1. The molecule has 3 heteroatoms. The Kier molecular flexibility index (Phi) is 11.3. The van der Waals surface area contributed by atoms with E-state index in [0.29, 0.717) is 0 Å². The highest BCUT2D eigenvalue weighted by atomic mass is 16.5. The van der Waals surface area contributed by atoms with Gasteiger partial charge < -0.3 is 15.8 Å². The second-order valence-corrected chi connectivity index (χ2v) is 4.99. The lowest BCUT2D eigenvalue weighted by molar-refractivity contribution is 0.190. The molecule has 0 radical (unpaired) electrons. The first kappa shape index (κ1) is 15.9. The van der Waals surface area contributed by atoms with E-state index in [1.54, 1.807) is 7.11 Å². The third kappa shape index (κ3) is 12.0. The highest BCUT2D eigenvalue weighted by Crippen LogP contribution is 2.05. The standard InChI is InChI=1S/C13H30N2O/c1-12(2)7-4-5-9-15-11-13(14)8-6-10-16-3/h12-13,15H,4-11,14H2,1-3H3. The number of rotatable bonds is 11. The van der Waals surface area contributed by atoms with Gasteiger partial charge in [-0.15, -0.1) is 0 Å². The summed E-state index contributed by atoms with van der Waals surface area (Å²) in [4.78, 5) is 0. The van der Waals surface area contributed by atoms with Gasteiger partial charge in [-0.1, -0.05) is 26.7 Å². The fourth-order valence-electron chi connectivity index (χ4n) is 1.68. The van der Waals surface area contributed by atoms with E-state index < -0.39 is 0 Å². The second-order valence-electron chi connectivity index (χ2n) is 4.99. The summed E-state index contributed by atoms with van der Waals surface area (Å²) in [5, 5.41) is 3.42. The van der Waals surface area contributed by atoms with Crippen molar-refractivity contribution in [1.82, 2.24) is 5.32 Å². The van der Waals surface area contributed by atoms with Gasteiger partial charge in [0.05, 0.1) is 0 Å². The molecule has 0 aliphatic rings. The van der Waals surface area contributed by atoms with Gasteiger partial charge >= 0.3 is 0 Å². The summed E-state index contributed by atoms with van der Waals surface area (Å²) in [5.41, 5.74) is 5.96. The molecule has 3 nitrogen and oxygen atoms in total. The first-order chi connectivity index (χ1) is 7.66. The van der Waals surface area contributed by atoms with Gasteiger partial charge in [0, 0.05) is 26.3 Å². The predicted octanol–water partition coefficient (Wildman–Crippen LogP) is 2.16. The molecule has 0 saturated carbocycles. The molecule has 0 saturated heterocycles. The zero-order chi connectivity index (χ0) is 12.2. The monoisotopic (exact) mass is 230 g/mol. The minimum absolute atomic E-state index is 0.278. The largest absolute Gasteiger partial charge is 0.385 e. The van der Waals surface area contributed by atoms with Crippen LogP contribution in [0.5, 0.6) is 0 Å². The van der Waals surface area contributed by atoms with E-state index in [0.717, 1.165) is 38.5 Å². The minimum atomic E-state index is 0.278. The van der Waals surface area contributed by atoms with Crippen LogP contribution < -0.4 is 11.1 Å². The Bertz CT molecular complexity index is 140. The fraction of sp³-hybridized carbons (Fsp3) is 1.00. The number of nitrogens with one attached hydrogen (secondary N) is 1. The normalized spacial score (nSPS) is 13.3. The molecule has 98 valence electrons. The van der Waals surface area contributed by atoms with Crippen molar-refractivity contribution in [2.75, 3.05) is 26.8 Å². The van der Waals surface area contributed by atoms with Crippen molar-refractivity contribution >= 4 is 0 Å². The molecular weight excluding hydrogens is 200 g/mol.